The number of benzene rings is 1. The van der Waals surface area contributed by atoms with E-state index in [1.165, 1.54) is 0 Å². The highest BCUT2D eigenvalue weighted by atomic mass is 16.3. The van der Waals surface area contributed by atoms with Crippen molar-refractivity contribution in [1.82, 2.24) is 4.90 Å². The molecule has 1 aromatic rings. The molecule has 0 aromatic heterocycles. The van der Waals surface area contributed by atoms with E-state index in [1.807, 2.05) is 24.3 Å². The van der Waals surface area contributed by atoms with Crippen LogP contribution in [0.4, 0.5) is 5.69 Å². The van der Waals surface area contributed by atoms with Gasteiger partial charge in [-0.05, 0) is 44.5 Å². The minimum absolute atomic E-state index is 0.00333. The molecule has 0 aliphatic rings. The van der Waals surface area contributed by atoms with Gasteiger partial charge in [-0.15, -0.1) is 0 Å². The molecule has 1 rings (SSSR count). The monoisotopic (exact) mass is 292 g/mol. The van der Waals surface area contributed by atoms with Gasteiger partial charge in [0.05, 0.1) is 6.61 Å². The van der Waals surface area contributed by atoms with Gasteiger partial charge in [0.15, 0.2) is 0 Å². The summed E-state index contributed by atoms with van der Waals surface area (Å²) >= 11 is 0. The Morgan fingerprint density at radius 1 is 1.05 bits per heavy atom. The van der Waals surface area contributed by atoms with Crippen molar-refractivity contribution >= 4 is 11.6 Å². The van der Waals surface area contributed by atoms with E-state index in [9.17, 15) is 4.79 Å². The summed E-state index contributed by atoms with van der Waals surface area (Å²) in [5.41, 5.74) is 1.83. The second-order valence-corrected chi connectivity index (χ2v) is 5.09. The molecule has 0 atom stereocenters. The summed E-state index contributed by atoms with van der Waals surface area (Å²) in [6.45, 7) is 9.36. The molecule has 0 bridgehead atoms. The molecule has 1 amide bonds. The van der Waals surface area contributed by atoms with Crippen LogP contribution in [-0.4, -0.2) is 48.7 Å². The number of carbonyl (C=O) groups excluding carboxylic acids is 1. The second kappa shape index (κ2) is 9.40. The highest BCUT2D eigenvalue weighted by Crippen LogP contribution is 2.16. The first-order valence-corrected chi connectivity index (χ1v) is 7.93. The van der Waals surface area contributed by atoms with Gasteiger partial charge in [0, 0.05) is 37.4 Å². The van der Waals surface area contributed by atoms with Gasteiger partial charge in [-0.25, -0.2) is 0 Å². The molecule has 118 valence electrons. The predicted molar refractivity (Wildman–Crippen MR) is 87.9 cm³/mol. The van der Waals surface area contributed by atoms with Crippen LogP contribution in [0, 0.1) is 0 Å². The molecule has 0 saturated carbocycles. The third-order valence-electron chi connectivity index (χ3n) is 3.68. The topological polar surface area (TPSA) is 43.8 Å². The molecule has 1 aromatic carbocycles. The lowest BCUT2D eigenvalue weighted by molar-refractivity contribution is 0.0719. The smallest absolute Gasteiger partial charge is 0.253 e. The lowest BCUT2D eigenvalue weighted by atomic mass is 10.1. The van der Waals surface area contributed by atoms with Gasteiger partial charge in [-0.1, -0.05) is 13.3 Å². The third kappa shape index (κ3) is 5.05. The molecule has 0 saturated heterocycles. The van der Waals surface area contributed by atoms with Crippen LogP contribution in [0.1, 0.15) is 44.0 Å². The standard InChI is InChI=1S/C17H28N2O2/c1-4-7-12-19(13-14-20)17(21)15-8-10-16(11-9-15)18(5-2)6-3/h8-11,20H,4-7,12-14H2,1-3H3. The summed E-state index contributed by atoms with van der Waals surface area (Å²) in [6.07, 6.45) is 2.00. The van der Waals surface area contributed by atoms with E-state index in [4.69, 9.17) is 5.11 Å². The number of hydrogen-bond donors (Lipinski definition) is 1. The van der Waals surface area contributed by atoms with Crippen LogP contribution in [0.3, 0.4) is 0 Å². The number of rotatable bonds is 9. The average Bonchev–Trinajstić information content (AvgIpc) is 2.52. The van der Waals surface area contributed by atoms with Crippen molar-refractivity contribution in [3.05, 3.63) is 29.8 Å². The number of anilines is 1. The summed E-state index contributed by atoms with van der Waals surface area (Å²) in [6, 6.07) is 7.76. The van der Waals surface area contributed by atoms with E-state index in [0.29, 0.717) is 18.7 Å². The quantitative estimate of drug-likeness (QED) is 0.761. The molecule has 0 unspecified atom stereocenters. The number of aliphatic hydroxyl groups is 1. The first-order chi connectivity index (χ1) is 10.2. The van der Waals surface area contributed by atoms with E-state index in [-0.39, 0.29) is 12.5 Å². The summed E-state index contributed by atoms with van der Waals surface area (Å²) < 4.78 is 0. The van der Waals surface area contributed by atoms with Crippen LogP contribution in [0.25, 0.3) is 0 Å². The van der Waals surface area contributed by atoms with Crippen LogP contribution < -0.4 is 4.90 Å². The fourth-order valence-electron chi connectivity index (χ4n) is 2.37. The first kappa shape index (κ1) is 17.5. The van der Waals surface area contributed by atoms with Crippen LogP contribution in [0.15, 0.2) is 24.3 Å². The largest absolute Gasteiger partial charge is 0.395 e. The van der Waals surface area contributed by atoms with Crippen LogP contribution in [0.2, 0.25) is 0 Å². The minimum atomic E-state index is 0.00333. The van der Waals surface area contributed by atoms with Crippen molar-refractivity contribution in [2.24, 2.45) is 0 Å². The van der Waals surface area contributed by atoms with Crippen molar-refractivity contribution in [2.75, 3.05) is 37.7 Å². The molecule has 0 radical (unpaired) electrons. The highest BCUT2D eigenvalue weighted by molar-refractivity contribution is 5.94. The fourth-order valence-corrected chi connectivity index (χ4v) is 2.37. The van der Waals surface area contributed by atoms with Crippen LogP contribution >= 0.6 is 0 Å². The van der Waals surface area contributed by atoms with Gasteiger partial charge in [0.2, 0.25) is 0 Å². The molecule has 0 heterocycles. The zero-order valence-electron chi connectivity index (χ0n) is 13.5. The maximum atomic E-state index is 12.5. The van der Waals surface area contributed by atoms with E-state index < -0.39 is 0 Å². The Bertz CT molecular complexity index is 413. The highest BCUT2D eigenvalue weighted by Gasteiger charge is 2.15. The molecule has 21 heavy (non-hydrogen) atoms. The number of nitrogens with zero attached hydrogens (tertiary/aromatic N) is 2. The Balaban J connectivity index is 2.80. The zero-order valence-corrected chi connectivity index (χ0v) is 13.5. The average molecular weight is 292 g/mol. The summed E-state index contributed by atoms with van der Waals surface area (Å²) in [5, 5.41) is 9.11. The van der Waals surface area contributed by atoms with Crippen molar-refractivity contribution in [3.63, 3.8) is 0 Å². The van der Waals surface area contributed by atoms with Crippen molar-refractivity contribution in [3.8, 4) is 0 Å². The number of aliphatic hydroxyl groups excluding tert-OH is 1. The summed E-state index contributed by atoms with van der Waals surface area (Å²) in [4.78, 5) is 16.4. The molecule has 0 spiro atoms. The Labute approximate surface area is 128 Å². The lowest BCUT2D eigenvalue weighted by Crippen LogP contribution is -2.34. The van der Waals surface area contributed by atoms with Crippen LogP contribution in [-0.2, 0) is 0 Å². The zero-order chi connectivity index (χ0) is 15.7. The Morgan fingerprint density at radius 2 is 1.67 bits per heavy atom. The Hall–Kier alpha value is -1.55. The Kier molecular flexibility index (Phi) is 7.83. The fraction of sp³-hybridized carbons (Fsp3) is 0.588. The molecule has 4 heteroatoms. The van der Waals surface area contributed by atoms with Crippen molar-refractivity contribution in [1.29, 1.82) is 0 Å². The maximum absolute atomic E-state index is 12.5. The minimum Gasteiger partial charge on any atom is -0.395 e. The van der Waals surface area contributed by atoms with Crippen LogP contribution in [0.5, 0.6) is 0 Å². The predicted octanol–water partition coefficient (Wildman–Crippen LogP) is 2.77. The lowest BCUT2D eigenvalue weighted by Gasteiger charge is -2.23. The van der Waals surface area contributed by atoms with Gasteiger partial charge >= 0.3 is 0 Å². The number of hydrogen-bond acceptors (Lipinski definition) is 3. The number of unbranched alkanes of at least 4 members (excludes halogenated alkanes) is 1. The molecule has 0 aliphatic heterocycles. The van der Waals surface area contributed by atoms with Gasteiger partial charge < -0.3 is 14.9 Å². The summed E-state index contributed by atoms with van der Waals surface area (Å²) in [5.74, 6) is 0.00333. The van der Waals surface area contributed by atoms with Gasteiger partial charge in [-0.2, -0.15) is 0 Å². The molecular formula is C17H28N2O2. The maximum Gasteiger partial charge on any atom is 0.253 e. The van der Waals surface area contributed by atoms with E-state index in [0.717, 1.165) is 31.6 Å². The third-order valence-corrected chi connectivity index (χ3v) is 3.68. The molecule has 1 N–H and O–H groups in total. The van der Waals surface area contributed by atoms with Crippen molar-refractivity contribution in [2.45, 2.75) is 33.6 Å². The first-order valence-electron chi connectivity index (χ1n) is 7.93. The van der Waals surface area contributed by atoms with Gasteiger partial charge in [-0.3, -0.25) is 4.79 Å². The van der Waals surface area contributed by atoms with E-state index in [2.05, 4.69) is 25.7 Å². The normalized spacial score (nSPS) is 10.5. The SMILES string of the molecule is CCCCN(CCO)C(=O)c1ccc(N(CC)CC)cc1. The van der Waals surface area contributed by atoms with E-state index in [1.54, 1.807) is 4.90 Å². The molecule has 0 aliphatic carbocycles. The van der Waals surface area contributed by atoms with Gasteiger partial charge in [0.1, 0.15) is 0 Å². The second-order valence-electron chi connectivity index (χ2n) is 5.09. The Morgan fingerprint density at radius 3 is 2.14 bits per heavy atom. The molecular weight excluding hydrogens is 264 g/mol. The number of carbonyl (C=O) groups is 1. The van der Waals surface area contributed by atoms with Crippen molar-refractivity contribution < 1.29 is 9.90 Å². The number of amides is 1. The molecule has 4 nitrogen and oxygen atoms in total. The van der Waals surface area contributed by atoms with E-state index >= 15 is 0 Å². The van der Waals surface area contributed by atoms with Gasteiger partial charge in [0.25, 0.3) is 5.91 Å². The summed E-state index contributed by atoms with van der Waals surface area (Å²) in [7, 11) is 0. The molecule has 0 fully saturated rings.